The first-order valence-electron chi connectivity index (χ1n) is 7.21. The molecule has 0 aliphatic carbocycles. The number of rotatable bonds is 9. The molecule has 118 valence electrons. The monoisotopic (exact) mass is 313 g/mol. The van der Waals surface area contributed by atoms with Crippen LogP contribution in [0, 0.1) is 0 Å². The molecule has 1 rings (SSSR count). The lowest BCUT2D eigenvalue weighted by molar-refractivity contribution is -0.128. The van der Waals surface area contributed by atoms with Crippen LogP contribution in [0.4, 0.5) is 0 Å². The Hall–Kier alpha value is -1.10. The maximum atomic E-state index is 12.1. The number of hydrogen-bond donors (Lipinski definition) is 1. The summed E-state index contributed by atoms with van der Waals surface area (Å²) < 4.78 is 10.1. The van der Waals surface area contributed by atoms with Crippen LogP contribution >= 0.6 is 11.6 Å². The maximum absolute atomic E-state index is 12.1. The summed E-state index contributed by atoms with van der Waals surface area (Å²) in [6, 6.07) is 7.61. The van der Waals surface area contributed by atoms with Gasteiger partial charge in [-0.15, -0.1) is 0 Å². The summed E-state index contributed by atoms with van der Waals surface area (Å²) in [7, 11) is 1.60. The first-order valence-corrected chi connectivity index (χ1v) is 7.59. The molecule has 0 unspecified atom stereocenters. The predicted octanol–water partition coefficient (Wildman–Crippen LogP) is 3.13. The first kappa shape index (κ1) is 18.0. The van der Waals surface area contributed by atoms with Crippen LogP contribution in [0.15, 0.2) is 24.3 Å². The minimum Gasteiger partial charge on any atom is -0.382 e. The third kappa shape index (κ3) is 5.30. The highest BCUT2D eigenvalue weighted by Gasteiger charge is 2.30. The molecule has 0 saturated heterocycles. The van der Waals surface area contributed by atoms with Crippen LogP contribution < -0.4 is 5.32 Å². The number of carbonyl (C=O) groups is 1. The lowest BCUT2D eigenvalue weighted by atomic mass is 9.84. The smallest absolute Gasteiger partial charge is 0.246 e. The number of benzene rings is 1. The molecule has 21 heavy (non-hydrogen) atoms. The number of carbonyl (C=O) groups excluding carboxylic acids is 1. The molecule has 1 N–H and O–H groups in total. The summed E-state index contributed by atoms with van der Waals surface area (Å²) in [5.41, 5.74) is 0.675. The van der Waals surface area contributed by atoms with Crippen LogP contribution in [0.1, 0.15) is 32.3 Å². The van der Waals surface area contributed by atoms with Crippen molar-refractivity contribution >= 4 is 17.5 Å². The van der Waals surface area contributed by atoms with Crippen LogP contribution in [0.25, 0.3) is 0 Å². The molecule has 4 nitrogen and oxygen atoms in total. The van der Waals surface area contributed by atoms with E-state index in [1.165, 1.54) is 0 Å². The van der Waals surface area contributed by atoms with E-state index < -0.39 is 0 Å². The Labute approximate surface area is 131 Å². The molecule has 0 spiro atoms. The van der Waals surface area contributed by atoms with Crippen LogP contribution in [0.5, 0.6) is 0 Å². The zero-order valence-electron chi connectivity index (χ0n) is 12.9. The molecule has 1 aromatic carbocycles. The highest BCUT2D eigenvalue weighted by molar-refractivity contribution is 6.30. The van der Waals surface area contributed by atoms with E-state index in [-0.39, 0.29) is 18.1 Å². The van der Waals surface area contributed by atoms with E-state index in [0.29, 0.717) is 18.2 Å². The standard InChI is InChI=1S/C16H24ClNO3/c1-4-16(5-2,13-6-8-14(17)9-7-13)18-15(19)12-21-11-10-20-3/h6-9H,4-5,10-12H2,1-3H3,(H,18,19). The molecule has 0 aliphatic rings. The molecule has 1 amide bonds. The molecule has 0 fully saturated rings. The van der Waals surface area contributed by atoms with Crippen molar-refractivity contribution in [2.24, 2.45) is 0 Å². The fourth-order valence-corrected chi connectivity index (χ4v) is 2.41. The average Bonchev–Trinajstić information content (AvgIpc) is 2.50. The summed E-state index contributed by atoms with van der Waals surface area (Å²) in [6.45, 7) is 5.06. The molecule has 5 heteroatoms. The van der Waals surface area contributed by atoms with Gasteiger partial charge in [0.1, 0.15) is 6.61 Å². The number of halogens is 1. The minimum absolute atomic E-state index is 0.0404. The normalized spacial score (nSPS) is 11.4. The Morgan fingerprint density at radius 3 is 2.33 bits per heavy atom. The van der Waals surface area contributed by atoms with Crippen molar-refractivity contribution in [3.05, 3.63) is 34.9 Å². The summed E-state index contributed by atoms with van der Waals surface area (Å²) in [5.74, 6) is -0.121. The molecular formula is C16H24ClNO3. The number of nitrogens with one attached hydrogen (secondary N) is 1. The van der Waals surface area contributed by atoms with Gasteiger partial charge in [-0.05, 0) is 30.5 Å². The third-order valence-electron chi connectivity index (χ3n) is 3.65. The molecule has 0 bridgehead atoms. The van der Waals surface area contributed by atoms with Gasteiger partial charge >= 0.3 is 0 Å². The third-order valence-corrected chi connectivity index (χ3v) is 3.90. The van der Waals surface area contributed by atoms with E-state index in [1.807, 2.05) is 24.3 Å². The largest absolute Gasteiger partial charge is 0.382 e. The van der Waals surface area contributed by atoms with Gasteiger partial charge in [0.25, 0.3) is 0 Å². The summed E-state index contributed by atoms with van der Waals surface area (Å²) in [6.07, 6.45) is 1.60. The second-order valence-electron chi connectivity index (χ2n) is 4.89. The van der Waals surface area contributed by atoms with Crippen LogP contribution in [0.2, 0.25) is 5.02 Å². The topological polar surface area (TPSA) is 47.6 Å². The Kier molecular flexibility index (Phi) is 7.72. The van der Waals surface area contributed by atoms with Gasteiger partial charge in [-0.2, -0.15) is 0 Å². The Morgan fingerprint density at radius 1 is 1.19 bits per heavy atom. The molecule has 0 atom stereocenters. The number of amides is 1. The lowest BCUT2D eigenvalue weighted by Crippen LogP contribution is -2.46. The van der Waals surface area contributed by atoms with Crippen LogP contribution in [-0.4, -0.2) is 32.8 Å². The van der Waals surface area contributed by atoms with Gasteiger partial charge in [-0.25, -0.2) is 0 Å². The van der Waals surface area contributed by atoms with Crippen molar-refractivity contribution in [1.82, 2.24) is 5.32 Å². The molecule has 0 saturated carbocycles. The molecule has 0 aliphatic heterocycles. The van der Waals surface area contributed by atoms with Gasteiger partial charge in [-0.1, -0.05) is 37.6 Å². The predicted molar refractivity (Wildman–Crippen MR) is 84.5 cm³/mol. The Balaban J connectivity index is 2.71. The molecular weight excluding hydrogens is 290 g/mol. The lowest BCUT2D eigenvalue weighted by Gasteiger charge is -2.33. The number of methoxy groups -OCH3 is 1. The summed E-state index contributed by atoms with van der Waals surface area (Å²) in [5, 5.41) is 3.78. The second kappa shape index (κ2) is 9.03. The number of hydrogen-bond acceptors (Lipinski definition) is 3. The zero-order valence-corrected chi connectivity index (χ0v) is 13.7. The van der Waals surface area contributed by atoms with Crippen molar-refractivity contribution in [3.63, 3.8) is 0 Å². The summed E-state index contributed by atoms with van der Waals surface area (Å²) >= 11 is 5.93. The van der Waals surface area contributed by atoms with E-state index in [0.717, 1.165) is 18.4 Å². The van der Waals surface area contributed by atoms with E-state index >= 15 is 0 Å². The molecule has 1 aromatic rings. The summed E-state index contributed by atoms with van der Waals surface area (Å²) in [4.78, 5) is 12.1. The van der Waals surface area contributed by atoms with E-state index in [2.05, 4.69) is 19.2 Å². The molecule has 0 heterocycles. The Morgan fingerprint density at radius 2 is 1.81 bits per heavy atom. The van der Waals surface area contributed by atoms with Crippen molar-refractivity contribution in [3.8, 4) is 0 Å². The Bertz CT molecular complexity index is 430. The highest BCUT2D eigenvalue weighted by atomic mass is 35.5. The van der Waals surface area contributed by atoms with Crippen molar-refractivity contribution in [2.75, 3.05) is 26.9 Å². The van der Waals surface area contributed by atoms with Gasteiger partial charge < -0.3 is 14.8 Å². The van der Waals surface area contributed by atoms with Gasteiger partial charge in [0.15, 0.2) is 0 Å². The van der Waals surface area contributed by atoms with Gasteiger partial charge in [0.05, 0.1) is 18.8 Å². The van der Waals surface area contributed by atoms with E-state index in [9.17, 15) is 4.79 Å². The SMILES string of the molecule is CCC(CC)(NC(=O)COCCOC)c1ccc(Cl)cc1. The molecule has 0 radical (unpaired) electrons. The minimum atomic E-state index is -0.383. The van der Waals surface area contributed by atoms with E-state index in [4.69, 9.17) is 21.1 Å². The average molecular weight is 314 g/mol. The first-order chi connectivity index (χ1) is 10.1. The highest BCUT2D eigenvalue weighted by Crippen LogP contribution is 2.29. The van der Waals surface area contributed by atoms with Crippen LogP contribution in [-0.2, 0) is 19.8 Å². The fourth-order valence-electron chi connectivity index (χ4n) is 2.29. The maximum Gasteiger partial charge on any atom is 0.246 e. The quantitative estimate of drug-likeness (QED) is 0.713. The van der Waals surface area contributed by atoms with Crippen LogP contribution in [0.3, 0.4) is 0 Å². The van der Waals surface area contributed by atoms with Gasteiger partial charge in [-0.3, -0.25) is 4.79 Å². The second-order valence-corrected chi connectivity index (χ2v) is 5.33. The van der Waals surface area contributed by atoms with Gasteiger partial charge in [0.2, 0.25) is 5.91 Å². The van der Waals surface area contributed by atoms with Crippen molar-refractivity contribution in [1.29, 1.82) is 0 Å². The fraction of sp³-hybridized carbons (Fsp3) is 0.562. The molecule has 0 aromatic heterocycles. The zero-order chi connectivity index (χ0) is 15.7. The number of ether oxygens (including phenoxy) is 2. The van der Waals surface area contributed by atoms with Gasteiger partial charge in [0, 0.05) is 12.1 Å². The van der Waals surface area contributed by atoms with Crippen molar-refractivity contribution in [2.45, 2.75) is 32.2 Å². The van der Waals surface area contributed by atoms with E-state index in [1.54, 1.807) is 7.11 Å². The van der Waals surface area contributed by atoms with Crippen molar-refractivity contribution < 1.29 is 14.3 Å².